The minimum atomic E-state index is 0.331. The first-order valence-corrected chi connectivity index (χ1v) is 7.02. The highest BCUT2D eigenvalue weighted by Crippen LogP contribution is 2.27. The number of para-hydroxylation sites is 2. The summed E-state index contributed by atoms with van der Waals surface area (Å²) < 4.78 is 0. The van der Waals surface area contributed by atoms with Gasteiger partial charge in [0.1, 0.15) is 5.69 Å². The van der Waals surface area contributed by atoms with Gasteiger partial charge in [0.2, 0.25) is 0 Å². The van der Waals surface area contributed by atoms with Gasteiger partial charge in [-0.1, -0.05) is 38.8 Å². The first kappa shape index (κ1) is 13.7. The fraction of sp³-hybridized carbons (Fsp3) is 0.438. The van der Waals surface area contributed by atoms with E-state index in [1.165, 1.54) is 0 Å². The first-order valence-electron chi connectivity index (χ1n) is 7.02. The average Bonchev–Trinajstić information content (AvgIpc) is 2.47. The van der Waals surface area contributed by atoms with Crippen LogP contribution in [0.2, 0.25) is 0 Å². The quantitative estimate of drug-likeness (QED) is 0.730. The molecule has 2 rings (SSSR count). The van der Waals surface area contributed by atoms with Crippen molar-refractivity contribution in [2.45, 2.75) is 45.4 Å². The topological polar surface area (TPSA) is 42.9 Å². The summed E-state index contributed by atoms with van der Waals surface area (Å²) in [5, 5.41) is 0. The molecule has 2 aromatic rings. The normalized spacial score (nSPS) is 12.5. The maximum atomic E-state index is 11.3. The van der Waals surface area contributed by atoms with Crippen molar-refractivity contribution in [3.63, 3.8) is 0 Å². The molecule has 1 aromatic carbocycles. The number of rotatable bonds is 6. The van der Waals surface area contributed by atoms with Gasteiger partial charge in [0.05, 0.1) is 16.7 Å². The van der Waals surface area contributed by atoms with E-state index < -0.39 is 0 Å². The summed E-state index contributed by atoms with van der Waals surface area (Å²) in [6.07, 6.45) is 5.22. The molecule has 0 N–H and O–H groups in total. The Morgan fingerprint density at radius 1 is 1.16 bits per heavy atom. The molecule has 100 valence electrons. The van der Waals surface area contributed by atoms with Crippen LogP contribution in [0.1, 0.15) is 61.6 Å². The van der Waals surface area contributed by atoms with Crippen LogP contribution in [-0.4, -0.2) is 16.3 Å². The van der Waals surface area contributed by atoms with Crippen molar-refractivity contribution >= 4 is 17.3 Å². The standard InChI is InChI=1S/C16H20N2O/c1-3-5-8-12(4-2)16-15(11-19)17-13-9-6-7-10-14(13)18-16/h6-7,9-12H,3-5,8H2,1-2H3. The van der Waals surface area contributed by atoms with Crippen LogP contribution in [0.4, 0.5) is 0 Å². The lowest BCUT2D eigenvalue weighted by molar-refractivity contribution is 0.111. The van der Waals surface area contributed by atoms with Gasteiger partial charge in [-0.3, -0.25) is 4.79 Å². The molecule has 0 amide bonds. The largest absolute Gasteiger partial charge is 0.296 e. The van der Waals surface area contributed by atoms with Gasteiger partial charge in [0, 0.05) is 5.92 Å². The van der Waals surface area contributed by atoms with Gasteiger partial charge in [0.15, 0.2) is 6.29 Å². The van der Waals surface area contributed by atoms with Crippen LogP contribution in [0, 0.1) is 0 Å². The van der Waals surface area contributed by atoms with Gasteiger partial charge >= 0.3 is 0 Å². The fourth-order valence-corrected chi connectivity index (χ4v) is 2.40. The van der Waals surface area contributed by atoms with E-state index in [0.717, 1.165) is 48.7 Å². The monoisotopic (exact) mass is 256 g/mol. The lowest BCUT2D eigenvalue weighted by atomic mass is 9.94. The maximum Gasteiger partial charge on any atom is 0.170 e. The van der Waals surface area contributed by atoms with Crippen molar-refractivity contribution in [3.05, 3.63) is 35.7 Å². The summed E-state index contributed by atoms with van der Waals surface area (Å²) in [6, 6.07) is 7.72. The number of hydrogen-bond donors (Lipinski definition) is 0. The molecule has 0 bridgehead atoms. The first-order chi connectivity index (χ1) is 9.30. The number of carbonyl (C=O) groups excluding carboxylic acids is 1. The average molecular weight is 256 g/mol. The van der Waals surface area contributed by atoms with Gasteiger partial charge in [-0.2, -0.15) is 0 Å². The highest BCUT2D eigenvalue weighted by atomic mass is 16.1. The third-order valence-corrected chi connectivity index (χ3v) is 3.52. The van der Waals surface area contributed by atoms with E-state index in [-0.39, 0.29) is 0 Å². The molecular formula is C16H20N2O. The molecule has 19 heavy (non-hydrogen) atoms. The number of aldehydes is 1. The molecule has 1 heterocycles. The van der Waals surface area contributed by atoms with Gasteiger partial charge in [-0.25, -0.2) is 9.97 Å². The Bertz CT molecular complexity index is 566. The van der Waals surface area contributed by atoms with Crippen LogP contribution >= 0.6 is 0 Å². The predicted molar refractivity (Wildman–Crippen MR) is 77.5 cm³/mol. The SMILES string of the molecule is CCCCC(CC)c1nc2ccccc2nc1C=O. The Hall–Kier alpha value is -1.77. The summed E-state index contributed by atoms with van der Waals surface area (Å²) in [6.45, 7) is 4.32. The van der Waals surface area contributed by atoms with E-state index in [9.17, 15) is 4.79 Å². The number of aromatic nitrogens is 2. The van der Waals surface area contributed by atoms with Gasteiger partial charge in [-0.05, 0) is 25.0 Å². The molecule has 1 aromatic heterocycles. The van der Waals surface area contributed by atoms with E-state index in [1.54, 1.807) is 0 Å². The molecular weight excluding hydrogens is 236 g/mol. The molecule has 0 aliphatic carbocycles. The van der Waals surface area contributed by atoms with E-state index in [2.05, 4.69) is 23.8 Å². The van der Waals surface area contributed by atoms with E-state index in [1.807, 2.05) is 24.3 Å². The summed E-state index contributed by atoms with van der Waals surface area (Å²) in [4.78, 5) is 20.4. The van der Waals surface area contributed by atoms with Crippen LogP contribution in [0.3, 0.4) is 0 Å². The zero-order chi connectivity index (χ0) is 13.7. The lowest BCUT2D eigenvalue weighted by Gasteiger charge is -2.15. The van der Waals surface area contributed by atoms with Crippen molar-refractivity contribution in [2.75, 3.05) is 0 Å². The second kappa shape index (κ2) is 6.41. The van der Waals surface area contributed by atoms with Gasteiger partial charge in [0.25, 0.3) is 0 Å². The van der Waals surface area contributed by atoms with Crippen molar-refractivity contribution in [2.24, 2.45) is 0 Å². The summed E-state index contributed by atoms with van der Waals surface area (Å²) in [5.41, 5.74) is 3.03. The molecule has 0 saturated carbocycles. The number of hydrogen-bond acceptors (Lipinski definition) is 3. The molecule has 0 aliphatic rings. The van der Waals surface area contributed by atoms with Crippen LogP contribution in [0.25, 0.3) is 11.0 Å². The summed E-state index contributed by atoms with van der Waals surface area (Å²) >= 11 is 0. The Kier molecular flexibility index (Phi) is 4.61. The second-order valence-electron chi connectivity index (χ2n) is 4.85. The third-order valence-electron chi connectivity index (χ3n) is 3.52. The second-order valence-corrected chi connectivity index (χ2v) is 4.85. The van der Waals surface area contributed by atoms with Crippen LogP contribution in [0.15, 0.2) is 24.3 Å². The summed E-state index contributed by atoms with van der Waals surface area (Å²) in [5.74, 6) is 0.331. The number of fused-ring (bicyclic) bond motifs is 1. The number of unbranched alkanes of at least 4 members (excludes halogenated alkanes) is 1. The molecule has 0 radical (unpaired) electrons. The van der Waals surface area contributed by atoms with Gasteiger partial charge in [-0.15, -0.1) is 0 Å². The molecule has 3 heteroatoms. The minimum absolute atomic E-state index is 0.331. The van der Waals surface area contributed by atoms with Crippen molar-refractivity contribution in [1.82, 2.24) is 9.97 Å². The fourth-order valence-electron chi connectivity index (χ4n) is 2.40. The third kappa shape index (κ3) is 2.98. The molecule has 0 fully saturated rings. The predicted octanol–water partition coefficient (Wildman–Crippen LogP) is 4.13. The Labute approximate surface area is 114 Å². The number of carbonyl (C=O) groups is 1. The van der Waals surface area contributed by atoms with E-state index in [4.69, 9.17) is 0 Å². The van der Waals surface area contributed by atoms with Crippen LogP contribution in [0.5, 0.6) is 0 Å². The van der Waals surface area contributed by atoms with Crippen molar-refractivity contribution in [3.8, 4) is 0 Å². The molecule has 3 nitrogen and oxygen atoms in total. The molecule has 1 atom stereocenters. The highest BCUT2D eigenvalue weighted by Gasteiger charge is 2.17. The number of benzene rings is 1. The minimum Gasteiger partial charge on any atom is -0.296 e. The smallest absolute Gasteiger partial charge is 0.170 e. The van der Waals surface area contributed by atoms with E-state index in [0.29, 0.717) is 11.6 Å². The Morgan fingerprint density at radius 2 is 1.84 bits per heavy atom. The Morgan fingerprint density at radius 3 is 2.42 bits per heavy atom. The zero-order valence-corrected chi connectivity index (χ0v) is 11.6. The molecule has 0 spiro atoms. The van der Waals surface area contributed by atoms with Crippen LogP contribution in [-0.2, 0) is 0 Å². The van der Waals surface area contributed by atoms with Crippen molar-refractivity contribution in [1.29, 1.82) is 0 Å². The molecule has 1 unspecified atom stereocenters. The number of nitrogens with zero attached hydrogens (tertiary/aromatic N) is 2. The molecule has 0 aliphatic heterocycles. The Balaban J connectivity index is 2.47. The van der Waals surface area contributed by atoms with Gasteiger partial charge < -0.3 is 0 Å². The van der Waals surface area contributed by atoms with Crippen molar-refractivity contribution < 1.29 is 4.79 Å². The maximum absolute atomic E-state index is 11.3. The van der Waals surface area contributed by atoms with E-state index >= 15 is 0 Å². The lowest BCUT2D eigenvalue weighted by Crippen LogP contribution is -2.07. The highest BCUT2D eigenvalue weighted by molar-refractivity contribution is 5.81. The molecule has 0 saturated heterocycles. The zero-order valence-electron chi connectivity index (χ0n) is 11.6. The summed E-state index contributed by atoms with van der Waals surface area (Å²) in [7, 11) is 0. The van der Waals surface area contributed by atoms with Crippen LogP contribution < -0.4 is 0 Å².